The Hall–Kier alpha value is -1.63. The predicted molar refractivity (Wildman–Crippen MR) is 101 cm³/mol. The molecule has 1 heterocycles. The van der Waals surface area contributed by atoms with Gasteiger partial charge in [-0.3, -0.25) is 0 Å². The Morgan fingerprint density at radius 2 is 1.65 bits per heavy atom. The second-order valence-electron chi connectivity index (χ2n) is 6.16. The Kier molecular flexibility index (Phi) is 5.28. The summed E-state index contributed by atoms with van der Waals surface area (Å²) < 4.78 is 1.44. The summed E-state index contributed by atoms with van der Waals surface area (Å²) in [6.07, 6.45) is 2.81. The first kappa shape index (κ1) is 19.1. The second kappa shape index (κ2) is 7.18. The van der Waals surface area contributed by atoms with Crippen molar-refractivity contribution in [2.24, 2.45) is 0 Å². The van der Waals surface area contributed by atoms with Gasteiger partial charge in [-0.25, -0.2) is 9.67 Å². The molecular formula is C18H16Cl3N3O2. The number of nitrogens with zero attached hydrogens (tertiary/aromatic N) is 3. The molecule has 2 atom stereocenters. The number of halogens is 3. The SMILES string of the molecule is C[C@](O)(c1ccc(Cl)cc1Cl)[C@](O)(Cn1cncn1)c1ccc(Cl)cc1. The Morgan fingerprint density at radius 3 is 2.23 bits per heavy atom. The smallest absolute Gasteiger partial charge is 0.142 e. The number of hydrogen-bond acceptors (Lipinski definition) is 4. The molecule has 3 aromatic rings. The van der Waals surface area contributed by atoms with Crippen LogP contribution in [0.2, 0.25) is 15.1 Å². The van der Waals surface area contributed by atoms with Gasteiger partial charge >= 0.3 is 0 Å². The van der Waals surface area contributed by atoms with Crippen molar-refractivity contribution >= 4 is 34.8 Å². The van der Waals surface area contributed by atoms with E-state index < -0.39 is 11.2 Å². The van der Waals surface area contributed by atoms with Crippen LogP contribution in [-0.2, 0) is 17.7 Å². The molecular weight excluding hydrogens is 397 g/mol. The van der Waals surface area contributed by atoms with Crippen molar-refractivity contribution in [1.29, 1.82) is 0 Å². The second-order valence-corrected chi connectivity index (χ2v) is 7.44. The number of rotatable bonds is 5. The van der Waals surface area contributed by atoms with Gasteiger partial charge in [-0.05, 0) is 36.8 Å². The van der Waals surface area contributed by atoms with Gasteiger partial charge in [-0.15, -0.1) is 0 Å². The van der Waals surface area contributed by atoms with Gasteiger partial charge in [0.1, 0.15) is 23.9 Å². The topological polar surface area (TPSA) is 71.2 Å². The summed E-state index contributed by atoms with van der Waals surface area (Å²) in [4.78, 5) is 3.89. The van der Waals surface area contributed by atoms with E-state index in [-0.39, 0.29) is 11.6 Å². The molecule has 26 heavy (non-hydrogen) atoms. The molecule has 2 aromatic carbocycles. The van der Waals surface area contributed by atoms with E-state index in [2.05, 4.69) is 10.1 Å². The molecule has 0 aliphatic rings. The van der Waals surface area contributed by atoms with Crippen molar-refractivity contribution in [1.82, 2.24) is 14.8 Å². The molecule has 5 nitrogen and oxygen atoms in total. The minimum atomic E-state index is -1.78. The van der Waals surface area contributed by atoms with Crippen molar-refractivity contribution in [2.45, 2.75) is 24.7 Å². The molecule has 1 aromatic heterocycles. The molecule has 136 valence electrons. The van der Waals surface area contributed by atoms with Crippen LogP contribution in [0.25, 0.3) is 0 Å². The normalized spacial score (nSPS) is 16.1. The van der Waals surface area contributed by atoms with Crippen LogP contribution in [0.5, 0.6) is 0 Å². The molecule has 3 rings (SSSR count). The molecule has 0 bridgehead atoms. The van der Waals surface area contributed by atoms with Gasteiger partial charge in [0, 0.05) is 20.6 Å². The maximum absolute atomic E-state index is 11.6. The molecule has 0 aliphatic carbocycles. The summed E-state index contributed by atoms with van der Waals surface area (Å²) >= 11 is 18.2. The van der Waals surface area contributed by atoms with Crippen LogP contribution in [0, 0.1) is 0 Å². The average molecular weight is 413 g/mol. The summed E-state index contributed by atoms with van der Waals surface area (Å²) in [5.41, 5.74) is -2.76. The highest BCUT2D eigenvalue weighted by atomic mass is 35.5. The van der Waals surface area contributed by atoms with E-state index in [0.717, 1.165) is 0 Å². The number of aromatic nitrogens is 3. The predicted octanol–water partition coefficient (Wildman–Crippen LogP) is 4.03. The number of benzene rings is 2. The van der Waals surface area contributed by atoms with Gasteiger partial charge in [-0.2, -0.15) is 5.10 Å². The molecule has 8 heteroatoms. The van der Waals surface area contributed by atoms with Crippen LogP contribution in [0.15, 0.2) is 55.1 Å². The maximum Gasteiger partial charge on any atom is 0.142 e. The summed E-state index contributed by atoms with van der Waals surface area (Å²) in [6.45, 7) is 1.44. The summed E-state index contributed by atoms with van der Waals surface area (Å²) in [5, 5.41) is 28.3. The minimum Gasteiger partial charge on any atom is -0.382 e. The first-order chi connectivity index (χ1) is 12.2. The lowest BCUT2D eigenvalue weighted by molar-refractivity contribution is -0.164. The lowest BCUT2D eigenvalue weighted by atomic mass is 9.74. The fraction of sp³-hybridized carbons (Fsp3) is 0.222. The van der Waals surface area contributed by atoms with E-state index in [0.29, 0.717) is 21.2 Å². The van der Waals surface area contributed by atoms with Crippen molar-refractivity contribution < 1.29 is 10.2 Å². The highest BCUT2D eigenvalue weighted by molar-refractivity contribution is 6.35. The minimum absolute atomic E-state index is 0.0550. The third kappa shape index (κ3) is 3.46. The van der Waals surface area contributed by atoms with E-state index >= 15 is 0 Å². The molecule has 0 saturated carbocycles. The van der Waals surface area contributed by atoms with Crippen LogP contribution in [0.3, 0.4) is 0 Å². The zero-order chi connectivity index (χ0) is 18.9. The Labute approximate surface area is 165 Å². The lowest BCUT2D eigenvalue weighted by Gasteiger charge is -2.42. The highest BCUT2D eigenvalue weighted by Crippen LogP contribution is 2.44. The van der Waals surface area contributed by atoms with E-state index in [1.807, 2.05) is 0 Å². The van der Waals surface area contributed by atoms with Gasteiger partial charge in [0.15, 0.2) is 0 Å². The van der Waals surface area contributed by atoms with Crippen LogP contribution in [-0.4, -0.2) is 25.0 Å². The first-order valence-corrected chi connectivity index (χ1v) is 8.86. The van der Waals surface area contributed by atoms with E-state index in [1.165, 1.54) is 30.3 Å². The molecule has 0 unspecified atom stereocenters. The lowest BCUT2D eigenvalue weighted by Crippen LogP contribution is -2.50. The van der Waals surface area contributed by atoms with E-state index in [4.69, 9.17) is 34.8 Å². The van der Waals surface area contributed by atoms with Gasteiger partial charge in [0.2, 0.25) is 0 Å². The van der Waals surface area contributed by atoms with Crippen LogP contribution >= 0.6 is 34.8 Å². The zero-order valence-corrected chi connectivity index (χ0v) is 16.0. The van der Waals surface area contributed by atoms with Crippen LogP contribution in [0.1, 0.15) is 18.1 Å². The van der Waals surface area contributed by atoms with Crippen molar-refractivity contribution in [3.63, 3.8) is 0 Å². The maximum atomic E-state index is 11.6. The average Bonchev–Trinajstić information content (AvgIpc) is 3.07. The van der Waals surface area contributed by atoms with Gasteiger partial charge < -0.3 is 10.2 Å². The summed E-state index contributed by atoms with van der Waals surface area (Å²) in [5.74, 6) is 0. The monoisotopic (exact) mass is 411 g/mol. The quantitative estimate of drug-likeness (QED) is 0.663. The molecule has 0 saturated heterocycles. The molecule has 0 amide bonds. The Morgan fingerprint density at radius 1 is 1.00 bits per heavy atom. The van der Waals surface area contributed by atoms with Crippen molar-refractivity contribution in [3.8, 4) is 0 Å². The summed E-state index contributed by atoms with van der Waals surface area (Å²) in [6, 6.07) is 11.3. The molecule has 0 radical (unpaired) electrons. The van der Waals surface area contributed by atoms with Gasteiger partial charge in [0.05, 0.1) is 6.54 Å². The fourth-order valence-electron chi connectivity index (χ4n) is 2.91. The molecule has 0 aliphatic heterocycles. The van der Waals surface area contributed by atoms with E-state index in [1.54, 1.807) is 36.4 Å². The molecule has 2 N–H and O–H groups in total. The largest absolute Gasteiger partial charge is 0.382 e. The standard InChI is InChI=1S/C18H16Cl3N3O2/c1-17(25,15-7-6-14(20)8-16(15)21)18(26,9-24-11-22-10-23-24)12-2-4-13(19)5-3-12/h2-8,10-11,25-26H,9H2,1H3/t17-,18-/m0/s1. The van der Waals surface area contributed by atoms with Crippen molar-refractivity contribution in [3.05, 3.63) is 81.3 Å². The van der Waals surface area contributed by atoms with Gasteiger partial charge in [0.25, 0.3) is 0 Å². The van der Waals surface area contributed by atoms with E-state index in [9.17, 15) is 10.2 Å². The summed E-state index contributed by atoms with van der Waals surface area (Å²) in [7, 11) is 0. The zero-order valence-electron chi connectivity index (χ0n) is 13.8. The third-order valence-corrected chi connectivity index (χ3v) is 5.24. The first-order valence-electron chi connectivity index (χ1n) is 7.73. The Balaban J connectivity index is 2.16. The van der Waals surface area contributed by atoms with Crippen molar-refractivity contribution in [2.75, 3.05) is 0 Å². The molecule has 0 fully saturated rings. The third-order valence-electron chi connectivity index (χ3n) is 4.44. The number of aliphatic hydroxyl groups is 2. The molecule has 0 spiro atoms. The van der Waals surface area contributed by atoms with Crippen LogP contribution in [0.4, 0.5) is 0 Å². The van der Waals surface area contributed by atoms with Gasteiger partial charge in [-0.1, -0.05) is 53.0 Å². The Bertz CT molecular complexity index is 899. The highest BCUT2D eigenvalue weighted by Gasteiger charge is 2.50. The van der Waals surface area contributed by atoms with Crippen LogP contribution < -0.4 is 0 Å². The number of hydrogen-bond donors (Lipinski definition) is 2. The fourth-order valence-corrected chi connectivity index (χ4v) is 3.63.